The van der Waals surface area contributed by atoms with Crippen LogP contribution in [0.2, 0.25) is 0 Å². The number of rotatable bonds is 12. The number of aryl methyl sites for hydroxylation is 1. The smallest absolute Gasteiger partial charge is 0.335 e. The van der Waals surface area contributed by atoms with Gasteiger partial charge in [0, 0.05) is 12.6 Å². The average molecular weight is 470 g/mol. The number of carbonyl (C=O) groups excluding carboxylic acids is 1. The lowest BCUT2D eigenvalue weighted by atomic mass is 9.72. The molecule has 1 aliphatic heterocycles. The molecule has 0 radical (unpaired) electrons. The number of methoxy groups -OCH3 is 1. The van der Waals surface area contributed by atoms with Gasteiger partial charge in [0.1, 0.15) is 0 Å². The van der Waals surface area contributed by atoms with Gasteiger partial charge in [-0.05, 0) is 76.4 Å². The first kappa shape index (κ1) is 26.7. The van der Waals surface area contributed by atoms with Crippen LogP contribution in [-0.2, 0) is 16.0 Å². The van der Waals surface area contributed by atoms with Gasteiger partial charge in [0.25, 0.3) is 0 Å². The van der Waals surface area contributed by atoms with Crippen molar-refractivity contribution in [3.8, 4) is 0 Å². The van der Waals surface area contributed by atoms with Crippen LogP contribution in [-0.4, -0.2) is 67.5 Å². The van der Waals surface area contributed by atoms with Gasteiger partial charge in [-0.15, -0.1) is 0 Å². The number of benzene rings is 1. The number of ether oxygens (including phenoxy) is 1. The lowest BCUT2D eigenvalue weighted by Crippen LogP contribution is -2.52. The molecule has 1 aromatic rings. The Morgan fingerprint density at radius 1 is 1.15 bits per heavy atom. The minimum Gasteiger partial charge on any atom is -0.467 e. The van der Waals surface area contributed by atoms with Gasteiger partial charge in [0.05, 0.1) is 19.5 Å². The molecule has 0 spiro atoms. The van der Waals surface area contributed by atoms with E-state index in [2.05, 4.69) is 68.1 Å². The predicted octanol–water partition coefficient (Wildman–Crippen LogP) is 5.58. The average Bonchev–Trinajstić information content (AvgIpc) is 3.18. The number of aliphatic imine (C=N–C) groups is 1. The molecule has 1 fully saturated rings. The van der Waals surface area contributed by atoms with E-state index in [-0.39, 0.29) is 12.0 Å². The van der Waals surface area contributed by atoms with Crippen LogP contribution in [0.5, 0.6) is 0 Å². The topological polar surface area (TPSA) is 45.1 Å². The fourth-order valence-electron chi connectivity index (χ4n) is 6.50. The third-order valence-electron chi connectivity index (χ3n) is 8.27. The maximum absolute atomic E-state index is 13.0. The molecule has 3 atom stereocenters. The molecule has 1 aromatic carbocycles. The van der Waals surface area contributed by atoms with Crippen molar-refractivity contribution in [2.24, 2.45) is 16.8 Å². The Morgan fingerprint density at radius 3 is 2.44 bits per heavy atom. The van der Waals surface area contributed by atoms with E-state index in [9.17, 15) is 4.79 Å². The number of esters is 1. The Kier molecular flexibility index (Phi) is 9.99. The van der Waals surface area contributed by atoms with Gasteiger partial charge in [-0.25, -0.2) is 4.79 Å². The Morgan fingerprint density at radius 2 is 1.85 bits per heavy atom. The molecule has 0 bridgehead atoms. The van der Waals surface area contributed by atoms with Crippen LogP contribution >= 0.6 is 0 Å². The zero-order chi connectivity index (χ0) is 24.6. The number of carbonyl (C=O) groups is 1. The second kappa shape index (κ2) is 12.7. The van der Waals surface area contributed by atoms with E-state index < -0.39 is 5.54 Å². The highest BCUT2D eigenvalue weighted by Gasteiger charge is 2.52. The quantitative estimate of drug-likeness (QED) is 0.375. The summed E-state index contributed by atoms with van der Waals surface area (Å²) >= 11 is 0. The molecule has 5 heteroatoms. The summed E-state index contributed by atoms with van der Waals surface area (Å²) < 4.78 is 5.29. The Balaban J connectivity index is 1.62. The first-order valence-electron chi connectivity index (χ1n) is 13.5. The zero-order valence-corrected chi connectivity index (χ0v) is 22.2. The molecular weight excluding hydrogens is 422 g/mol. The zero-order valence-electron chi connectivity index (χ0n) is 22.2. The molecule has 0 saturated heterocycles. The number of hydrogen-bond acceptors (Lipinski definition) is 5. The first-order chi connectivity index (χ1) is 16.4. The maximum Gasteiger partial charge on any atom is 0.335 e. The van der Waals surface area contributed by atoms with Gasteiger partial charge in [-0.2, -0.15) is 0 Å². The predicted molar refractivity (Wildman–Crippen MR) is 141 cm³/mol. The Bertz CT molecular complexity index is 773. The number of nitrogens with zero attached hydrogens (tertiary/aromatic N) is 3. The van der Waals surface area contributed by atoms with E-state index in [1.54, 1.807) is 0 Å². The summed E-state index contributed by atoms with van der Waals surface area (Å²) in [7, 11) is 6.00. The second-order valence-electron chi connectivity index (χ2n) is 10.7. The fourth-order valence-corrected chi connectivity index (χ4v) is 6.50. The molecule has 1 aliphatic carbocycles. The van der Waals surface area contributed by atoms with Crippen molar-refractivity contribution in [1.29, 1.82) is 0 Å². The largest absolute Gasteiger partial charge is 0.467 e. The summed E-state index contributed by atoms with van der Waals surface area (Å²) in [6.45, 7) is 5.29. The van der Waals surface area contributed by atoms with Crippen LogP contribution in [0.15, 0.2) is 35.3 Å². The molecule has 3 rings (SSSR count). The van der Waals surface area contributed by atoms with Crippen molar-refractivity contribution >= 4 is 12.3 Å². The summed E-state index contributed by atoms with van der Waals surface area (Å²) in [5.41, 5.74) is 0.715. The van der Waals surface area contributed by atoms with Gasteiger partial charge in [0.15, 0.2) is 5.54 Å². The Labute approximate surface area is 208 Å². The van der Waals surface area contributed by atoms with E-state index in [1.165, 1.54) is 44.8 Å². The number of hydrogen-bond donors (Lipinski definition) is 0. The molecule has 2 aliphatic rings. The van der Waals surface area contributed by atoms with Crippen molar-refractivity contribution in [1.82, 2.24) is 9.80 Å². The summed E-state index contributed by atoms with van der Waals surface area (Å²) in [6, 6.07) is 11.6. The molecular formula is C29H47N3O2. The molecule has 5 nitrogen and oxygen atoms in total. The minimum absolute atomic E-state index is 0.129. The van der Waals surface area contributed by atoms with Crippen LogP contribution < -0.4 is 0 Å². The van der Waals surface area contributed by atoms with E-state index >= 15 is 0 Å². The van der Waals surface area contributed by atoms with Crippen molar-refractivity contribution in [2.45, 2.75) is 95.7 Å². The third kappa shape index (κ3) is 6.21. The molecule has 1 saturated carbocycles. The molecule has 34 heavy (non-hydrogen) atoms. The van der Waals surface area contributed by atoms with Crippen LogP contribution in [0.4, 0.5) is 0 Å². The highest BCUT2D eigenvalue weighted by atomic mass is 16.5. The summed E-state index contributed by atoms with van der Waals surface area (Å²) in [5.74, 6) is 1.25. The first-order valence-corrected chi connectivity index (χ1v) is 13.5. The van der Waals surface area contributed by atoms with Crippen molar-refractivity contribution in [3.05, 3.63) is 35.9 Å². The molecule has 0 amide bonds. The summed E-state index contributed by atoms with van der Waals surface area (Å²) in [4.78, 5) is 22.6. The summed E-state index contributed by atoms with van der Waals surface area (Å²) in [6.07, 6.45) is 13.2. The highest BCUT2D eigenvalue weighted by Crippen LogP contribution is 2.41. The minimum atomic E-state index is -0.725. The molecule has 0 aromatic heterocycles. The maximum atomic E-state index is 13.0. The third-order valence-corrected chi connectivity index (χ3v) is 8.27. The van der Waals surface area contributed by atoms with Gasteiger partial charge in [-0.3, -0.25) is 4.99 Å². The van der Waals surface area contributed by atoms with E-state index in [4.69, 9.17) is 9.73 Å². The van der Waals surface area contributed by atoms with Crippen molar-refractivity contribution in [2.75, 3.05) is 27.7 Å². The second-order valence-corrected chi connectivity index (χ2v) is 10.7. The molecule has 0 N–H and O–H groups in total. The van der Waals surface area contributed by atoms with Crippen molar-refractivity contribution in [3.63, 3.8) is 0 Å². The highest BCUT2D eigenvalue weighted by molar-refractivity contribution is 5.86. The van der Waals surface area contributed by atoms with Crippen LogP contribution in [0, 0.1) is 11.8 Å². The van der Waals surface area contributed by atoms with Crippen LogP contribution in [0.25, 0.3) is 0 Å². The van der Waals surface area contributed by atoms with E-state index in [0.717, 1.165) is 44.6 Å². The molecule has 3 unspecified atom stereocenters. The van der Waals surface area contributed by atoms with E-state index in [0.29, 0.717) is 12.0 Å². The van der Waals surface area contributed by atoms with Crippen LogP contribution in [0.3, 0.4) is 0 Å². The fraction of sp³-hybridized carbons (Fsp3) is 0.724. The SMILES string of the molecule is CCCN1C=NC(CCC)(C(=O)OC)C1CC1CCC(C(CCc2ccccc2)N(C)C)CC1. The lowest BCUT2D eigenvalue weighted by Gasteiger charge is -2.41. The summed E-state index contributed by atoms with van der Waals surface area (Å²) in [5, 5.41) is 0. The van der Waals surface area contributed by atoms with Gasteiger partial charge in [0.2, 0.25) is 0 Å². The normalized spacial score (nSPS) is 27.8. The molecule has 190 valence electrons. The van der Waals surface area contributed by atoms with Crippen molar-refractivity contribution < 1.29 is 9.53 Å². The Hall–Kier alpha value is -1.88. The van der Waals surface area contributed by atoms with E-state index in [1.807, 2.05) is 6.34 Å². The van der Waals surface area contributed by atoms with Crippen LogP contribution in [0.1, 0.15) is 77.2 Å². The lowest BCUT2D eigenvalue weighted by molar-refractivity contribution is -0.149. The van der Waals surface area contributed by atoms with Gasteiger partial charge >= 0.3 is 5.97 Å². The molecule has 1 heterocycles. The monoisotopic (exact) mass is 469 g/mol. The van der Waals surface area contributed by atoms with Gasteiger partial charge in [-0.1, -0.05) is 63.4 Å². The standard InChI is InChI=1S/C29H47N3O2/c1-6-19-29(28(33)34-5)27(32(20-7-2)22-30-29)21-24-13-16-25(17-14-24)26(31(3)4)18-15-23-11-9-8-10-12-23/h8-12,22,24-27H,6-7,13-21H2,1-5H3. The van der Waals surface area contributed by atoms with Gasteiger partial charge < -0.3 is 14.5 Å².